The van der Waals surface area contributed by atoms with Gasteiger partial charge in [-0.3, -0.25) is 10.1 Å². The number of halogens is 1. The molecule has 1 amide bonds. The van der Waals surface area contributed by atoms with E-state index in [0.29, 0.717) is 38.9 Å². The highest BCUT2D eigenvalue weighted by molar-refractivity contribution is 7.80. The van der Waals surface area contributed by atoms with Gasteiger partial charge in [0.1, 0.15) is 22.8 Å². The van der Waals surface area contributed by atoms with Crippen LogP contribution < -0.4 is 10.6 Å². The van der Waals surface area contributed by atoms with Crippen molar-refractivity contribution in [3.05, 3.63) is 94.7 Å². The summed E-state index contributed by atoms with van der Waals surface area (Å²) in [5.41, 5.74) is 5.24. The lowest BCUT2D eigenvalue weighted by Gasteiger charge is -2.09. The summed E-state index contributed by atoms with van der Waals surface area (Å²) in [4.78, 5) is 16.9. The van der Waals surface area contributed by atoms with E-state index in [1.807, 2.05) is 49.4 Å². The van der Waals surface area contributed by atoms with E-state index in [9.17, 15) is 9.90 Å². The van der Waals surface area contributed by atoms with Gasteiger partial charge in [-0.1, -0.05) is 36.7 Å². The molecule has 0 aliphatic heterocycles. The second kappa shape index (κ2) is 11.1. The van der Waals surface area contributed by atoms with Crippen LogP contribution in [-0.2, 0) is 11.2 Å². The maximum Gasteiger partial charge on any atom is 0.250 e. The van der Waals surface area contributed by atoms with Crippen LogP contribution in [0.1, 0.15) is 23.8 Å². The highest BCUT2D eigenvalue weighted by Crippen LogP contribution is 2.33. The van der Waals surface area contributed by atoms with E-state index in [1.165, 1.54) is 12.1 Å². The summed E-state index contributed by atoms with van der Waals surface area (Å²) in [5.74, 6) is 0.994. The molecule has 0 fully saturated rings. The van der Waals surface area contributed by atoms with E-state index >= 15 is 0 Å². The molecule has 0 saturated heterocycles. The summed E-state index contributed by atoms with van der Waals surface area (Å²) in [7, 11) is 0. The number of benzene rings is 3. The van der Waals surface area contributed by atoms with Crippen molar-refractivity contribution in [2.24, 2.45) is 0 Å². The van der Waals surface area contributed by atoms with E-state index in [2.05, 4.69) is 22.5 Å². The van der Waals surface area contributed by atoms with Gasteiger partial charge >= 0.3 is 0 Å². The number of oxazole rings is 1. The largest absolute Gasteiger partial charge is 0.507 e. The second-order valence-corrected chi connectivity index (χ2v) is 9.66. The van der Waals surface area contributed by atoms with E-state index in [-0.39, 0.29) is 16.8 Å². The Balaban J connectivity index is 1.23. The lowest BCUT2D eigenvalue weighted by atomic mass is 10.1. The highest BCUT2D eigenvalue weighted by atomic mass is 35.5. The number of aromatic hydroxyl groups is 1. The van der Waals surface area contributed by atoms with Crippen LogP contribution in [0.15, 0.2) is 81.6 Å². The molecule has 39 heavy (non-hydrogen) atoms. The number of carbonyl (C=O) groups excluding carboxylic acids is 1. The predicted molar refractivity (Wildman–Crippen MR) is 158 cm³/mol. The second-order valence-electron chi connectivity index (χ2n) is 8.85. The Morgan fingerprint density at radius 1 is 1.08 bits per heavy atom. The number of thiocarbonyl (C=S) groups is 1. The Bertz CT molecular complexity index is 1740. The number of rotatable bonds is 6. The first kappa shape index (κ1) is 26.2. The first-order chi connectivity index (χ1) is 18.8. The number of nitrogens with zero attached hydrogens (tertiary/aromatic N) is 1. The van der Waals surface area contributed by atoms with E-state index < -0.39 is 5.91 Å². The van der Waals surface area contributed by atoms with Crippen molar-refractivity contribution in [3.8, 4) is 28.5 Å². The third-order valence-electron chi connectivity index (χ3n) is 6.06. The number of nitrogens with one attached hydrogen (secondary N) is 2. The lowest BCUT2D eigenvalue weighted by Crippen LogP contribution is -2.32. The number of aryl methyl sites for hydroxylation is 2. The Morgan fingerprint density at radius 3 is 2.72 bits per heavy atom. The molecule has 0 bridgehead atoms. The molecule has 0 aliphatic rings. The van der Waals surface area contributed by atoms with Crippen LogP contribution in [0.5, 0.6) is 5.75 Å². The normalized spacial score (nSPS) is 11.3. The van der Waals surface area contributed by atoms with Crippen molar-refractivity contribution in [1.29, 1.82) is 0 Å². The average molecular weight is 558 g/mol. The SMILES string of the molecule is CCc1ccc2oc(-c3cc(NC(=S)NC(=O)/C=C/c4ccc(-c5ccc(C)c(Cl)c5)o4)ccc3O)nc2c1. The van der Waals surface area contributed by atoms with Gasteiger partial charge in [-0.2, -0.15) is 0 Å². The number of amides is 1. The Hall–Kier alpha value is -4.40. The smallest absolute Gasteiger partial charge is 0.250 e. The minimum Gasteiger partial charge on any atom is -0.507 e. The van der Waals surface area contributed by atoms with Gasteiger partial charge < -0.3 is 19.3 Å². The molecular weight excluding hydrogens is 534 g/mol. The summed E-state index contributed by atoms with van der Waals surface area (Å²) in [6.07, 6.45) is 3.75. The summed E-state index contributed by atoms with van der Waals surface area (Å²) < 4.78 is 11.7. The number of phenols is 1. The van der Waals surface area contributed by atoms with E-state index in [1.54, 1.807) is 24.3 Å². The molecule has 0 radical (unpaired) electrons. The first-order valence-corrected chi connectivity index (χ1v) is 13.0. The zero-order valence-corrected chi connectivity index (χ0v) is 22.7. The van der Waals surface area contributed by atoms with Gasteiger partial charge in [0.2, 0.25) is 11.8 Å². The molecule has 0 unspecified atom stereocenters. The zero-order valence-electron chi connectivity index (χ0n) is 21.1. The van der Waals surface area contributed by atoms with Crippen LogP contribution in [0.25, 0.3) is 40.0 Å². The Kier molecular flexibility index (Phi) is 7.49. The highest BCUT2D eigenvalue weighted by Gasteiger charge is 2.14. The van der Waals surface area contributed by atoms with Crippen LogP contribution in [0.4, 0.5) is 5.69 Å². The zero-order chi connectivity index (χ0) is 27.5. The molecule has 0 spiro atoms. The number of anilines is 1. The van der Waals surface area contributed by atoms with Crippen LogP contribution in [-0.4, -0.2) is 21.1 Å². The number of carbonyl (C=O) groups is 1. The van der Waals surface area contributed by atoms with Gasteiger partial charge in [-0.15, -0.1) is 0 Å². The summed E-state index contributed by atoms with van der Waals surface area (Å²) in [5, 5.41) is 16.7. The minimum absolute atomic E-state index is 0.00596. The number of phenolic OH excluding ortho intramolecular Hbond substituents is 1. The molecule has 0 aliphatic carbocycles. The molecule has 7 nitrogen and oxygen atoms in total. The molecule has 2 heterocycles. The third kappa shape index (κ3) is 6.03. The fourth-order valence-corrected chi connectivity index (χ4v) is 4.31. The van der Waals surface area contributed by atoms with Crippen molar-refractivity contribution in [2.75, 3.05) is 5.32 Å². The number of aromatic nitrogens is 1. The molecule has 5 rings (SSSR count). The van der Waals surface area contributed by atoms with Crippen molar-refractivity contribution >= 4 is 57.7 Å². The average Bonchev–Trinajstić information content (AvgIpc) is 3.57. The summed E-state index contributed by atoms with van der Waals surface area (Å²) in [6.45, 7) is 4.00. The van der Waals surface area contributed by atoms with Gasteiger partial charge in [-0.25, -0.2) is 4.98 Å². The van der Waals surface area contributed by atoms with Gasteiger partial charge in [-0.05, 0) is 91.3 Å². The summed E-state index contributed by atoms with van der Waals surface area (Å²) >= 11 is 11.5. The quantitative estimate of drug-likeness (QED) is 0.113. The van der Waals surface area contributed by atoms with Crippen molar-refractivity contribution in [3.63, 3.8) is 0 Å². The molecule has 3 N–H and O–H groups in total. The predicted octanol–water partition coefficient (Wildman–Crippen LogP) is 7.51. The number of furan rings is 1. The molecule has 0 atom stereocenters. The van der Waals surface area contributed by atoms with Crippen LogP contribution in [0.3, 0.4) is 0 Å². The Labute approximate surface area is 235 Å². The summed E-state index contributed by atoms with van der Waals surface area (Å²) in [6, 6.07) is 19.8. The fraction of sp³-hybridized carbons (Fsp3) is 0.100. The molecule has 5 aromatic rings. The van der Waals surface area contributed by atoms with Crippen molar-refractivity contribution in [1.82, 2.24) is 10.3 Å². The maximum absolute atomic E-state index is 12.4. The molecule has 0 saturated carbocycles. The van der Waals surface area contributed by atoms with Crippen molar-refractivity contribution < 1.29 is 18.7 Å². The van der Waals surface area contributed by atoms with Crippen LogP contribution in [0.2, 0.25) is 5.02 Å². The van der Waals surface area contributed by atoms with Gasteiger partial charge in [0.15, 0.2) is 10.7 Å². The molecule has 2 aromatic heterocycles. The standard InChI is InChI=1S/C30H24ClN3O4S/c1-3-18-5-11-27-24(14-18)33-29(38-27)22-16-20(7-10-25(22)35)32-30(39)34-28(36)13-9-21-8-12-26(37-21)19-6-4-17(2)23(31)15-19/h4-16,35H,3H2,1-2H3,(H2,32,34,36,39)/b13-9+. The van der Waals surface area contributed by atoms with Gasteiger partial charge in [0, 0.05) is 22.3 Å². The van der Waals surface area contributed by atoms with Crippen LogP contribution in [0, 0.1) is 6.92 Å². The number of hydrogen-bond donors (Lipinski definition) is 3. The third-order valence-corrected chi connectivity index (χ3v) is 6.68. The van der Waals surface area contributed by atoms with Gasteiger partial charge in [0.25, 0.3) is 0 Å². The Morgan fingerprint density at radius 2 is 1.92 bits per heavy atom. The molecule has 9 heteroatoms. The minimum atomic E-state index is -0.437. The maximum atomic E-state index is 12.4. The fourth-order valence-electron chi connectivity index (χ4n) is 3.91. The van der Waals surface area contributed by atoms with E-state index in [0.717, 1.165) is 23.1 Å². The van der Waals surface area contributed by atoms with Crippen molar-refractivity contribution in [2.45, 2.75) is 20.3 Å². The molecule has 3 aromatic carbocycles. The monoisotopic (exact) mass is 557 g/mol. The van der Waals surface area contributed by atoms with E-state index in [4.69, 9.17) is 32.7 Å². The topological polar surface area (TPSA) is 101 Å². The molecular formula is C30H24ClN3O4S. The number of fused-ring (bicyclic) bond motifs is 1. The van der Waals surface area contributed by atoms with Crippen LogP contribution >= 0.6 is 23.8 Å². The first-order valence-electron chi connectivity index (χ1n) is 12.2. The lowest BCUT2D eigenvalue weighted by molar-refractivity contribution is -0.115. The number of hydrogen-bond acceptors (Lipinski definition) is 6. The molecule has 196 valence electrons. The van der Waals surface area contributed by atoms with Gasteiger partial charge in [0.05, 0.1) is 5.56 Å².